The highest BCUT2D eigenvalue weighted by molar-refractivity contribution is 6.08. The summed E-state index contributed by atoms with van der Waals surface area (Å²) in [6, 6.07) is 4.05. The highest BCUT2D eigenvalue weighted by atomic mass is 16.4. The summed E-state index contributed by atoms with van der Waals surface area (Å²) in [6.45, 7) is 3.79. The summed E-state index contributed by atoms with van der Waals surface area (Å²) in [5.41, 5.74) is 2.33. The number of hydrogen-bond donors (Lipinski definition) is 1. The molecule has 1 atom stereocenters. The van der Waals surface area contributed by atoms with Crippen LogP contribution in [-0.4, -0.2) is 33.8 Å². The lowest BCUT2D eigenvalue weighted by atomic mass is 10.1. The monoisotopic (exact) mass is 261 g/mol. The molecule has 1 aromatic carbocycles. The Morgan fingerprint density at radius 1 is 1.26 bits per heavy atom. The molecular weight excluding hydrogens is 246 g/mol. The van der Waals surface area contributed by atoms with Crippen LogP contribution >= 0.6 is 0 Å². The number of carboxylic acids is 1. The molecule has 2 rings (SSSR count). The minimum absolute atomic E-state index is 0.105. The lowest BCUT2D eigenvalue weighted by Crippen LogP contribution is -2.42. The zero-order valence-corrected chi connectivity index (χ0v) is 10.8. The molecule has 0 aromatic heterocycles. The maximum atomic E-state index is 12.3. The van der Waals surface area contributed by atoms with Gasteiger partial charge in [-0.1, -0.05) is 6.07 Å². The number of nitrogens with zero attached hydrogens (tertiary/aromatic N) is 1. The molecule has 5 nitrogen and oxygen atoms in total. The Morgan fingerprint density at radius 3 is 2.53 bits per heavy atom. The van der Waals surface area contributed by atoms with E-state index in [1.165, 1.54) is 0 Å². The van der Waals surface area contributed by atoms with E-state index in [4.69, 9.17) is 5.11 Å². The number of carbonyl (C=O) groups is 3. The van der Waals surface area contributed by atoms with Gasteiger partial charge in [0.05, 0.1) is 0 Å². The summed E-state index contributed by atoms with van der Waals surface area (Å²) in [6.07, 6.45) is 0.290. The van der Waals surface area contributed by atoms with Gasteiger partial charge in [0.15, 0.2) is 0 Å². The van der Waals surface area contributed by atoms with Crippen LogP contribution in [0, 0.1) is 13.8 Å². The number of likely N-dealkylation sites (tertiary alicyclic amines) is 1. The molecule has 1 saturated heterocycles. The van der Waals surface area contributed by atoms with Gasteiger partial charge in [-0.05, 0) is 43.5 Å². The molecule has 0 aliphatic carbocycles. The molecule has 1 unspecified atom stereocenters. The van der Waals surface area contributed by atoms with E-state index in [1.807, 2.05) is 13.8 Å². The van der Waals surface area contributed by atoms with E-state index in [1.54, 1.807) is 18.2 Å². The van der Waals surface area contributed by atoms with Crippen LogP contribution in [0.3, 0.4) is 0 Å². The summed E-state index contributed by atoms with van der Waals surface area (Å²) in [5.74, 6) is -2.09. The van der Waals surface area contributed by atoms with Gasteiger partial charge in [-0.25, -0.2) is 4.79 Å². The van der Waals surface area contributed by atoms with E-state index < -0.39 is 23.8 Å². The molecule has 1 fully saturated rings. The molecule has 1 heterocycles. The number of hydrogen-bond acceptors (Lipinski definition) is 3. The molecule has 0 spiro atoms. The van der Waals surface area contributed by atoms with Crippen LogP contribution in [0.15, 0.2) is 18.2 Å². The summed E-state index contributed by atoms with van der Waals surface area (Å²) in [4.78, 5) is 35.9. The van der Waals surface area contributed by atoms with Crippen molar-refractivity contribution in [3.8, 4) is 0 Å². The van der Waals surface area contributed by atoms with E-state index in [0.29, 0.717) is 5.56 Å². The second-order valence-corrected chi connectivity index (χ2v) is 4.76. The number of benzene rings is 1. The highest BCUT2D eigenvalue weighted by Gasteiger charge is 2.40. The molecule has 100 valence electrons. The topological polar surface area (TPSA) is 74.7 Å². The quantitative estimate of drug-likeness (QED) is 0.819. The number of aryl methyl sites for hydroxylation is 2. The standard InChI is InChI=1S/C14H15NO4/c1-8-3-4-10(7-9(8)2)13(17)15-11(14(18)19)5-6-12(15)16/h3-4,7,11H,5-6H2,1-2H3,(H,18,19). The van der Waals surface area contributed by atoms with E-state index in [2.05, 4.69) is 0 Å². The van der Waals surface area contributed by atoms with Gasteiger partial charge in [0.2, 0.25) is 5.91 Å². The molecule has 1 aliphatic heterocycles. The summed E-state index contributed by atoms with van der Waals surface area (Å²) in [5, 5.41) is 9.05. The number of carbonyl (C=O) groups excluding carboxylic acids is 2. The van der Waals surface area contributed by atoms with Gasteiger partial charge >= 0.3 is 5.97 Å². The fourth-order valence-corrected chi connectivity index (χ4v) is 2.19. The highest BCUT2D eigenvalue weighted by Crippen LogP contribution is 2.22. The average Bonchev–Trinajstić information content (AvgIpc) is 2.74. The third-order valence-electron chi connectivity index (χ3n) is 3.47. The van der Waals surface area contributed by atoms with Gasteiger partial charge in [-0.2, -0.15) is 0 Å². The fraction of sp³-hybridized carbons (Fsp3) is 0.357. The van der Waals surface area contributed by atoms with Crippen LogP contribution in [0.1, 0.15) is 34.3 Å². The zero-order chi connectivity index (χ0) is 14.2. The molecular formula is C14H15NO4. The van der Waals surface area contributed by atoms with Crippen molar-refractivity contribution in [3.05, 3.63) is 34.9 Å². The van der Waals surface area contributed by atoms with Gasteiger partial charge in [-0.15, -0.1) is 0 Å². The van der Waals surface area contributed by atoms with Crippen LogP contribution in [0.2, 0.25) is 0 Å². The van der Waals surface area contributed by atoms with Crippen molar-refractivity contribution in [3.63, 3.8) is 0 Å². The second kappa shape index (κ2) is 4.84. The average molecular weight is 261 g/mol. The first-order valence-electron chi connectivity index (χ1n) is 6.08. The Morgan fingerprint density at radius 2 is 1.95 bits per heavy atom. The second-order valence-electron chi connectivity index (χ2n) is 4.76. The number of aliphatic carboxylic acids is 1. The smallest absolute Gasteiger partial charge is 0.326 e. The largest absolute Gasteiger partial charge is 0.480 e. The van der Waals surface area contributed by atoms with Gasteiger partial charge in [0.1, 0.15) is 6.04 Å². The first-order chi connectivity index (χ1) is 8.91. The molecule has 2 amide bonds. The molecule has 1 aliphatic rings. The van der Waals surface area contributed by atoms with E-state index >= 15 is 0 Å². The van der Waals surface area contributed by atoms with Gasteiger partial charge in [0.25, 0.3) is 5.91 Å². The van der Waals surface area contributed by atoms with Crippen molar-refractivity contribution in [2.45, 2.75) is 32.7 Å². The third-order valence-corrected chi connectivity index (χ3v) is 3.47. The predicted octanol–water partition coefficient (Wildman–Crippen LogP) is 1.52. The maximum Gasteiger partial charge on any atom is 0.326 e. The SMILES string of the molecule is Cc1ccc(C(=O)N2C(=O)CCC2C(=O)O)cc1C. The maximum absolute atomic E-state index is 12.3. The third kappa shape index (κ3) is 2.36. The first kappa shape index (κ1) is 13.3. The Balaban J connectivity index is 2.34. The molecule has 0 saturated carbocycles. The molecule has 0 bridgehead atoms. The number of amides is 2. The fourth-order valence-electron chi connectivity index (χ4n) is 2.19. The van der Waals surface area contributed by atoms with E-state index in [9.17, 15) is 14.4 Å². The molecule has 5 heteroatoms. The van der Waals surface area contributed by atoms with Gasteiger partial charge in [-0.3, -0.25) is 14.5 Å². The Labute approximate surface area is 110 Å². The van der Waals surface area contributed by atoms with Crippen molar-refractivity contribution < 1.29 is 19.5 Å². The van der Waals surface area contributed by atoms with Crippen LogP contribution < -0.4 is 0 Å². The minimum Gasteiger partial charge on any atom is -0.480 e. The van der Waals surface area contributed by atoms with Crippen LogP contribution in [0.4, 0.5) is 0 Å². The van der Waals surface area contributed by atoms with Crippen LogP contribution in [0.5, 0.6) is 0 Å². The van der Waals surface area contributed by atoms with Crippen LogP contribution in [-0.2, 0) is 9.59 Å². The summed E-state index contributed by atoms with van der Waals surface area (Å²) in [7, 11) is 0. The summed E-state index contributed by atoms with van der Waals surface area (Å²) >= 11 is 0. The first-order valence-corrected chi connectivity index (χ1v) is 6.08. The lowest BCUT2D eigenvalue weighted by molar-refractivity contribution is -0.144. The Hall–Kier alpha value is -2.17. The molecule has 1 aromatic rings. The number of rotatable bonds is 2. The predicted molar refractivity (Wildman–Crippen MR) is 67.8 cm³/mol. The minimum atomic E-state index is -1.14. The van der Waals surface area contributed by atoms with Crippen molar-refractivity contribution in [2.24, 2.45) is 0 Å². The van der Waals surface area contributed by atoms with Crippen molar-refractivity contribution >= 4 is 17.8 Å². The van der Waals surface area contributed by atoms with Crippen LogP contribution in [0.25, 0.3) is 0 Å². The Kier molecular flexibility index (Phi) is 3.38. The van der Waals surface area contributed by atoms with E-state index in [0.717, 1.165) is 16.0 Å². The van der Waals surface area contributed by atoms with Crippen molar-refractivity contribution in [1.82, 2.24) is 4.90 Å². The lowest BCUT2D eigenvalue weighted by Gasteiger charge is -2.20. The number of carboxylic acid groups (broad SMARTS) is 1. The van der Waals surface area contributed by atoms with E-state index in [-0.39, 0.29) is 12.8 Å². The van der Waals surface area contributed by atoms with Gasteiger partial charge < -0.3 is 5.11 Å². The molecule has 0 radical (unpaired) electrons. The van der Waals surface area contributed by atoms with Crippen molar-refractivity contribution in [2.75, 3.05) is 0 Å². The molecule has 1 N–H and O–H groups in total. The summed E-state index contributed by atoms with van der Waals surface area (Å²) < 4.78 is 0. The van der Waals surface area contributed by atoms with Gasteiger partial charge in [0, 0.05) is 12.0 Å². The Bertz CT molecular complexity index is 565. The number of imide groups is 1. The molecule has 19 heavy (non-hydrogen) atoms. The normalized spacial score (nSPS) is 18.7. The van der Waals surface area contributed by atoms with Crippen molar-refractivity contribution in [1.29, 1.82) is 0 Å². The zero-order valence-electron chi connectivity index (χ0n) is 10.8.